The number of nitrogens with one attached hydrogen (secondary N) is 1. The van der Waals surface area contributed by atoms with Crippen LogP contribution in [-0.4, -0.2) is 23.9 Å². The summed E-state index contributed by atoms with van der Waals surface area (Å²) in [5.74, 6) is 0.809. The summed E-state index contributed by atoms with van der Waals surface area (Å²) >= 11 is 6.13. The van der Waals surface area contributed by atoms with E-state index in [1.165, 1.54) is 0 Å². The Morgan fingerprint density at radius 3 is 2.56 bits per heavy atom. The first-order valence-electron chi connectivity index (χ1n) is 8.70. The Morgan fingerprint density at radius 1 is 1.22 bits per heavy atom. The van der Waals surface area contributed by atoms with Crippen LogP contribution in [0.25, 0.3) is 0 Å². The molecule has 1 amide bonds. The second kappa shape index (κ2) is 7.24. The molecular weight excluding hydrogens is 366 g/mol. The van der Waals surface area contributed by atoms with Gasteiger partial charge in [0, 0.05) is 10.7 Å². The van der Waals surface area contributed by atoms with Crippen molar-refractivity contribution in [3.63, 3.8) is 0 Å². The number of benzene rings is 2. The Labute approximate surface area is 163 Å². The van der Waals surface area contributed by atoms with Crippen LogP contribution in [0.2, 0.25) is 5.02 Å². The molecule has 0 bridgehead atoms. The van der Waals surface area contributed by atoms with Gasteiger partial charge in [-0.3, -0.25) is 9.59 Å². The van der Waals surface area contributed by atoms with Crippen LogP contribution in [0.3, 0.4) is 0 Å². The van der Waals surface area contributed by atoms with Crippen molar-refractivity contribution >= 4 is 29.0 Å². The Bertz CT molecular complexity index is 897. The Hall–Kier alpha value is -2.53. The highest BCUT2D eigenvalue weighted by Gasteiger charge is 2.32. The average molecular weight is 388 g/mol. The summed E-state index contributed by atoms with van der Waals surface area (Å²) in [6.07, 6.45) is 0.301. The number of halogens is 1. The fraction of sp³-hybridized carbons (Fsp3) is 0.333. The molecule has 0 aliphatic carbocycles. The number of ether oxygens (including phenoxy) is 2. The Balaban J connectivity index is 1.65. The van der Waals surface area contributed by atoms with Crippen molar-refractivity contribution in [3.05, 3.63) is 52.0 Å². The smallest absolute Gasteiger partial charge is 0.262 e. The van der Waals surface area contributed by atoms with Gasteiger partial charge in [-0.1, -0.05) is 11.6 Å². The second-order valence-corrected chi connectivity index (χ2v) is 7.76. The van der Waals surface area contributed by atoms with Gasteiger partial charge in [-0.25, -0.2) is 0 Å². The summed E-state index contributed by atoms with van der Waals surface area (Å²) in [4.78, 5) is 24.5. The van der Waals surface area contributed by atoms with Gasteiger partial charge in [0.25, 0.3) is 5.91 Å². The molecule has 1 heterocycles. The minimum Gasteiger partial charge on any atom is -0.487 e. The lowest BCUT2D eigenvalue weighted by Crippen LogP contribution is -2.35. The van der Waals surface area contributed by atoms with Gasteiger partial charge in [0.15, 0.2) is 12.4 Å². The van der Waals surface area contributed by atoms with Gasteiger partial charge in [0.1, 0.15) is 17.1 Å². The number of aryl methyl sites for hydroxylation is 2. The maximum Gasteiger partial charge on any atom is 0.262 e. The van der Waals surface area contributed by atoms with Crippen molar-refractivity contribution in [3.8, 4) is 11.5 Å². The zero-order valence-electron chi connectivity index (χ0n) is 15.8. The normalized spacial score (nSPS) is 14.9. The van der Waals surface area contributed by atoms with E-state index in [1.807, 2.05) is 27.7 Å². The molecule has 2 aromatic rings. The summed E-state index contributed by atoms with van der Waals surface area (Å²) in [6, 6.07) is 8.64. The fourth-order valence-corrected chi connectivity index (χ4v) is 3.17. The number of hydrogen-bond acceptors (Lipinski definition) is 4. The highest BCUT2D eigenvalue weighted by molar-refractivity contribution is 6.32. The highest BCUT2D eigenvalue weighted by Crippen LogP contribution is 2.34. The Kier molecular flexibility index (Phi) is 5.16. The van der Waals surface area contributed by atoms with Crippen LogP contribution >= 0.6 is 11.6 Å². The lowest BCUT2D eigenvalue weighted by molar-refractivity contribution is -0.118. The third kappa shape index (κ3) is 4.42. The van der Waals surface area contributed by atoms with E-state index < -0.39 is 5.60 Å². The van der Waals surface area contributed by atoms with E-state index in [1.54, 1.807) is 30.3 Å². The van der Waals surface area contributed by atoms with Crippen molar-refractivity contribution in [1.29, 1.82) is 0 Å². The van der Waals surface area contributed by atoms with E-state index >= 15 is 0 Å². The molecule has 0 saturated heterocycles. The molecule has 2 aromatic carbocycles. The molecule has 0 unspecified atom stereocenters. The van der Waals surface area contributed by atoms with E-state index in [2.05, 4.69) is 5.32 Å². The quantitative estimate of drug-likeness (QED) is 0.824. The molecule has 0 saturated carbocycles. The number of amides is 1. The molecule has 5 nitrogen and oxygen atoms in total. The number of anilines is 1. The molecule has 3 rings (SSSR count). The van der Waals surface area contributed by atoms with Gasteiger partial charge >= 0.3 is 0 Å². The number of rotatable bonds is 4. The molecule has 0 fully saturated rings. The van der Waals surface area contributed by atoms with Crippen molar-refractivity contribution in [1.82, 2.24) is 0 Å². The number of carbonyl (C=O) groups excluding carboxylic acids is 2. The third-order valence-electron chi connectivity index (χ3n) is 4.32. The molecule has 27 heavy (non-hydrogen) atoms. The molecule has 1 aliphatic heterocycles. The summed E-state index contributed by atoms with van der Waals surface area (Å²) in [7, 11) is 0. The minimum atomic E-state index is -0.516. The van der Waals surface area contributed by atoms with Crippen LogP contribution in [0.4, 0.5) is 5.69 Å². The van der Waals surface area contributed by atoms with Crippen molar-refractivity contribution in [2.75, 3.05) is 11.9 Å². The van der Waals surface area contributed by atoms with Crippen LogP contribution < -0.4 is 14.8 Å². The average Bonchev–Trinajstić information content (AvgIpc) is 2.57. The number of carbonyl (C=O) groups is 2. The molecular formula is C21H22ClNO4. The molecule has 1 N–H and O–H groups in total. The predicted octanol–water partition coefficient (Wildman–Crippen LogP) is 4.72. The number of Topliss-reactive ketones (excluding diaryl/α,β-unsaturated/α-hetero) is 1. The number of fused-ring (bicyclic) bond motifs is 1. The van der Waals surface area contributed by atoms with Crippen LogP contribution in [0.5, 0.6) is 11.5 Å². The topological polar surface area (TPSA) is 64.6 Å². The largest absolute Gasteiger partial charge is 0.487 e. The predicted molar refractivity (Wildman–Crippen MR) is 105 cm³/mol. The lowest BCUT2D eigenvalue weighted by Gasteiger charge is -2.31. The maximum atomic E-state index is 12.3. The maximum absolute atomic E-state index is 12.3. The van der Waals surface area contributed by atoms with Crippen LogP contribution in [0.1, 0.15) is 41.8 Å². The number of hydrogen-bond donors (Lipinski definition) is 1. The molecule has 0 aromatic heterocycles. The van der Waals surface area contributed by atoms with E-state index in [-0.39, 0.29) is 18.3 Å². The van der Waals surface area contributed by atoms with E-state index in [0.717, 1.165) is 11.1 Å². The monoisotopic (exact) mass is 387 g/mol. The first kappa shape index (κ1) is 19.2. The van der Waals surface area contributed by atoms with Gasteiger partial charge in [0.2, 0.25) is 0 Å². The molecule has 6 heteroatoms. The van der Waals surface area contributed by atoms with Gasteiger partial charge in [-0.05, 0) is 69.2 Å². The summed E-state index contributed by atoms with van der Waals surface area (Å²) < 4.78 is 11.4. The van der Waals surface area contributed by atoms with Crippen molar-refractivity contribution in [2.45, 2.75) is 39.7 Å². The zero-order chi connectivity index (χ0) is 19.8. The van der Waals surface area contributed by atoms with E-state index in [9.17, 15) is 9.59 Å². The Morgan fingerprint density at radius 2 is 1.89 bits per heavy atom. The first-order valence-corrected chi connectivity index (χ1v) is 9.08. The van der Waals surface area contributed by atoms with Gasteiger partial charge < -0.3 is 14.8 Å². The van der Waals surface area contributed by atoms with E-state index in [4.69, 9.17) is 21.1 Å². The summed E-state index contributed by atoms with van der Waals surface area (Å²) in [5, 5.41) is 3.44. The van der Waals surface area contributed by atoms with Crippen LogP contribution in [-0.2, 0) is 4.79 Å². The highest BCUT2D eigenvalue weighted by atomic mass is 35.5. The standard InChI is InChI=1S/C21H22ClNO4/c1-12-7-15(8-13(2)20(12)22)26-11-19(25)23-14-5-6-18-16(9-14)17(24)10-21(3,4)27-18/h5-9H,10-11H2,1-4H3,(H,23,25). The van der Waals surface area contributed by atoms with Crippen LogP contribution in [0, 0.1) is 13.8 Å². The first-order chi connectivity index (χ1) is 12.6. The molecule has 0 spiro atoms. The molecule has 1 aliphatic rings. The van der Waals surface area contributed by atoms with Crippen molar-refractivity contribution < 1.29 is 19.1 Å². The van der Waals surface area contributed by atoms with Crippen LogP contribution in [0.15, 0.2) is 30.3 Å². The fourth-order valence-electron chi connectivity index (χ4n) is 3.07. The molecule has 0 atom stereocenters. The number of ketones is 1. The zero-order valence-corrected chi connectivity index (χ0v) is 16.6. The van der Waals surface area contributed by atoms with Gasteiger partial charge in [-0.2, -0.15) is 0 Å². The summed E-state index contributed by atoms with van der Waals surface area (Å²) in [6.45, 7) is 7.38. The van der Waals surface area contributed by atoms with Crippen molar-refractivity contribution in [2.24, 2.45) is 0 Å². The second-order valence-electron chi connectivity index (χ2n) is 7.38. The lowest BCUT2D eigenvalue weighted by atomic mass is 9.93. The SMILES string of the molecule is Cc1cc(OCC(=O)Nc2ccc3c(c2)C(=O)CC(C)(C)O3)cc(C)c1Cl. The summed E-state index contributed by atoms with van der Waals surface area (Å²) in [5.41, 5.74) is 2.28. The van der Waals surface area contributed by atoms with Gasteiger partial charge in [-0.15, -0.1) is 0 Å². The van der Waals surface area contributed by atoms with Gasteiger partial charge in [0.05, 0.1) is 12.0 Å². The minimum absolute atomic E-state index is 0.000661. The molecule has 0 radical (unpaired) electrons. The van der Waals surface area contributed by atoms with E-state index in [0.29, 0.717) is 34.2 Å². The molecule has 142 valence electrons. The third-order valence-corrected chi connectivity index (χ3v) is 4.91.